The number of aromatic nitrogens is 1. The minimum Gasteiger partial charge on any atom is -0.478 e. The highest BCUT2D eigenvalue weighted by Gasteiger charge is 2.19. The first kappa shape index (κ1) is 16.7. The fourth-order valence-electron chi connectivity index (χ4n) is 2.71. The number of aromatic carboxylic acids is 1. The van der Waals surface area contributed by atoms with Crippen LogP contribution in [0.3, 0.4) is 0 Å². The van der Waals surface area contributed by atoms with Crippen molar-refractivity contribution in [3.63, 3.8) is 0 Å². The smallest absolute Gasteiger partial charge is 0.339 e. The molecule has 1 fully saturated rings. The first-order chi connectivity index (χ1) is 10.5. The highest BCUT2D eigenvalue weighted by Crippen LogP contribution is 2.14. The zero-order valence-corrected chi connectivity index (χ0v) is 13.7. The lowest BCUT2D eigenvalue weighted by Crippen LogP contribution is -2.48. The second-order valence-corrected chi connectivity index (χ2v) is 6.06. The summed E-state index contributed by atoms with van der Waals surface area (Å²) in [5.74, 6) is -0.472. The summed E-state index contributed by atoms with van der Waals surface area (Å²) in [6.45, 7) is 9.24. The van der Waals surface area contributed by atoms with Crippen molar-refractivity contribution >= 4 is 11.8 Å². The van der Waals surface area contributed by atoms with Crippen molar-refractivity contribution in [2.24, 2.45) is 0 Å². The average Bonchev–Trinajstić information content (AvgIpc) is 2.47. The number of hydrogen-bond donors (Lipinski definition) is 2. The summed E-state index contributed by atoms with van der Waals surface area (Å²) in [4.78, 5) is 20.4. The van der Waals surface area contributed by atoms with E-state index in [0.717, 1.165) is 44.8 Å². The number of anilines is 1. The van der Waals surface area contributed by atoms with E-state index in [1.165, 1.54) is 0 Å². The Morgan fingerprint density at radius 1 is 1.36 bits per heavy atom. The van der Waals surface area contributed by atoms with Crippen molar-refractivity contribution in [2.45, 2.75) is 26.3 Å². The zero-order chi connectivity index (χ0) is 16.1. The molecular weight excluding hydrogens is 280 g/mol. The van der Waals surface area contributed by atoms with Gasteiger partial charge in [0.2, 0.25) is 0 Å². The van der Waals surface area contributed by atoms with E-state index in [0.29, 0.717) is 11.9 Å². The van der Waals surface area contributed by atoms with Crippen LogP contribution in [0, 0.1) is 6.92 Å². The van der Waals surface area contributed by atoms with Crippen molar-refractivity contribution in [3.8, 4) is 0 Å². The Bertz CT molecular complexity index is 513. The van der Waals surface area contributed by atoms with Crippen LogP contribution in [0.4, 0.5) is 5.82 Å². The molecule has 122 valence electrons. The van der Waals surface area contributed by atoms with Gasteiger partial charge >= 0.3 is 5.97 Å². The molecule has 0 unspecified atom stereocenters. The average molecular weight is 306 g/mol. The molecule has 1 aliphatic rings. The van der Waals surface area contributed by atoms with E-state index in [2.05, 4.69) is 34.1 Å². The summed E-state index contributed by atoms with van der Waals surface area (Å²) >= 11 is 0. The number of piperazine rings is 1. The van der Waals surface area contributed by atoms with E-state index in [1.54, 1.807) is 12.1 Å². The lowest BCUT2D eigenvalue weighted by atomic mass is 10.1. The van der Waals surface area contributed by atoms with Gasteiger partial charge in [0.05, 0.1) is 0 Å². The maximum Gasteiger partial charge on any atom is 0.339 e. The predicted octanol–water partition coefficient (Wildman–Crippen LogP) is 1.53. The van der Waals surface area contributed by atoms with Gasteiger partial charge in [-0.25, -0.2) is 9.78 Å². The Labute approximate surface area is 132 Å². The van der Waals surface area contributed by atoms with Gasteiger partial charge in [0.15, 0.2) is 0 Å². The number of nitrogens with one attached hydrogen (secondary N) is 1. The molecule has 1 atom stereocenters. The number of aryl methyl sites for hydroxylation is 1. The van der Waals surface area contributed by atoms with Crippen molar-refractivity contribution in [3.05, 3.63) is 23.4 Å². The second kappa shape index (κ2) is 7.56. The van der Waals surface area contributed by atoms with Crippen LogP contribution in [0.1, 0.15) is 29.4 Å². The predicted molar refractivity (Wildman–Crippen MR) is 87.6 cm³/mol. The van der Waals surface area contributed by atoms with Crippen LogP contribution in [-0.4, -0.2) is 71.7 Å². The maximum atomic E-state index is 11.2. The zero-order valence-electron chi connectivity index (χ0n) is 13.7. The fourth-order valence-corrected chi connectivity index (χ4v) is 2.71. The molecule has 0 aromatic carbocycles. The molecular formula is C16H26N4O2. The molecule has 2 N–H and O–H groups in total. The summed E-state index contributed by atoms with van der Waals surface area (Å²) in [6.07, 6.45) is 0.971. The molecule has 0 aliphatic carbocycles. The highest BCUT2D eigenvalue weighted by atomic mass is 16.4. The summed E-state index contributed by atoms with van der Waals surface area (Å²) < 4.78 is 0. The normalized spacial score (nSPS) is 18.1. The second-order valence-electron chi connectivity index (χ2n) is 6.06. The van der Waals surface area contributed by atoms with Crippen LogP contribution < -0.4 is 5.32 Å². The SMILES string of the molecule is Cc1ccc(C(=O)O)c(NCC[C@H](C)N2CCN(C)CC2)n1. The van der Waals surface area contributed by atoms with Crippen molar-refractivity contribution < 1.29 is 9.90 Å². The largest absolute Gasteiger partial charge is 0.478 e. The highest BCUT2D eigenvalue weighted by molar-refractivity contribution is 5.93. The molecule has 22 heavy (non-hydrogen) atoms. The van der Waals surface area contributed by atoms with Gasteiger partial charge in [-0.3, -0.25) is 4.90 Å². The van der Waals surface area contributed by atoms with Crippen LogP contribution in [0.25, 0.3) is 0 Å². The summed E-state index contributed by atoms with van der Waals surface area (Å²) in [7, 11) is 2.15. The minimum absolute atomic E-state index is 0.234. The molecule has 0 radical (unpaired) electrons. The molecule has 0 bridgehead atoms. The molecule has 0 spiro atoms. The number of pyridine rings is 1. The van der Waals surface area contributed by atoms with Crippen LogP contribution in [0.5, 0.6) is 0 Å². The topological polar surface area (TPSA) is 68.7 Å². The lowest BCUT2D eigenvalue weighted by molar-refractivity contribution is 0.0697. The van der Waals surface area contributed by atoms with Crippen molar-refractivity contribution in [1.82, 2.24) is 14.8 Å². The van der Waals surface area contributed by atoms with Gasteiger partial charge in [0.25, 0.3) is 0 Å². The monoisotopic (exact) mass is 306 g/mol. The van der Waals surface area contributed by atoms with E-state index in [9.17, 15) is 9.90 Å². The molecule has 6 nitrogen and oxygen atoms in total. The lowest BCUT2D eigenvalue weighted by Gasteiger charge is -2.36. The van der Waals surface area contributed by atoms with Crippen LogP contribution in [0.2, 0.25) is 0 Å². The molecule has 1 saturated heterocycles. The van der Waals surface area contributed by atoms with Crippen molar-refractivity contribution in [2.75, 3.05) is 45.1 Å². The Balaban J connectivity index is 1.85. The van der Waals surface area contributed by atoms with Gasteiger partial charge < -0.3 is 15.3 Å². The summed E-state index contributed by atoms with van der Waals surface area (Å²) in [5.41, 5.74) is 1.05. The number of nitrogens with zero attached hydrogens (tertiary/aromatic N) is 3. The van der Waals surface area contributed by atoms with Crippen LogP contribution >= 0.6 is 0 Å². The Morgan fingerprint density at radius 2 is 2.05 bits per heavy atom. The van der Waals surface area contributed by atoms with E-state index in [1.807, 2.05) is 6.92 Å². The number of hydrogen-bond acceptors (Lipinski definition) is 5. The Morgan fingerprint density at radius 3 is 2.68 bits per heavy atom. The van der Waals surface area contributed by atoms with Gasteiger partial charge in [0.1, 0.15) is 11.4 Å². The molecule has 0 saturated carbocycles. The number of carbonyl (C=O) groups is 1. The quantitative estimate of drug-likeness (QED) is 0.830. The van der Waals surface area contributed by atoms with Gasteiger partial charge in [-0.05, 0) is 39.4 Å². The summed E-state index contributed by atoms with van der Waals surface area (Å²) in [5, 5.41) is 12.4. The first-order valence-corrected chi connectivity index (χ1v) is 7.85. The molecule has 2 heterocycles. The first-order valence-electron chi connectivity index (χ1n) is 7.85. The fraction of sp³-hybridized carbons (Fsp3) is 0.625. The third kappa shape index (κ3) is 4.42. The molecule has 0 amide bonds. The van der Waals surface area contributed by atoms with Gasteiger partial charge in [-0.1, -0.05) is 0 Å². The number of rotatable bonds is 6. The third-order valence-electron chi connectivity index (χ3n) is 4.28. The van der Waals surface area contributed by atoms with Gasteiger partial charge in [-0.15, -0.1) is 0 Å². The number of carboxylic acids is 1. The Hall–Kier alpha value is -1.66. The standard InChI is InChI=1S/C16H26N4O2/c1-12-4-5-14(16(21)22)15(18-12)17-7-6-13(2)20-10-8-19(3)9-11-20/h4-5,13H,6-11H2,1-3H3,(H,17,18)(H,21,22)/t13-/m0/s1. The van der Waals surface area contributed by atoms with E-state index >= 15 is 0 Å². The number of carboxylic acid groups (broad SMARTS) is 1. The van der Waals surface area contributed by atoms with E-state index in [-0.39, 0.29) is 5.56 Å². The van der Waals surface area contributed by atoms with E-state index in [4.69, 9.17) is 0 Å². The van der Waals surface area contributed by atoms with Gasteiger partial charge in [0, 0.05) is 44.5 Å². The molecule has 2 rings (SSSR count). The minimum atomic E-state index is -0.942. The van der Waals surface area contributed by atoms with Crippen LogP contribution in [-0.2, 0) is 0 Å². The number of likely N-dealkylation sites (N-methyl/N-ethyl adjacent to an activating group) is 1. The van der Waals surface area contributed by atoms with Crippen molar-refractivity contribution in [1.29, 1.82) is 0 Å². The molecule has 1 aromatic heterocycles. The molecule has 1 aliphatic heterocycles. The molecule has 6 heteroatoms. The molecule has 1 aromatic rings. The van der Waals surface area contributed by atoms with E-state index < -0.39 is 5.97 Å². The maximum absolute atomic E-state index is 11.2. The third-order valence-corrected chi connectivity index (χ3v) is 4.28. The van der Waals surface area contributed by atoms with Gasteiger partial charge in [-0.2, -0.15) is 0 Å². The Kier molecular flexibility index (Phi) is 5.74. The van der Waals surface area contributed by atoms with Crippen LogP contribution in [0.15, 0.2) is 12.1 Å². The summed E-state index contributed by atoms with van der Waals surface area (Å²) in [6, 6.07) is 3.82.